The van der Waals surface area contributed by atoms with Crippen LogP contribution in [-0.4, -0.2) is 21.9 Å². The van der Waals surface area contributed by atoms with Gasteiger partial charge in [-0.2, -0.15) is 0 Å². The summed E-state index contributed by atoms with van der Waals surface area (Å²) in [5, 5.41) is 0. The highest BCUT2D eigenvalue weighted by Crippen LogP contribution is 2.15. The summed E-state index contributed by atoms with van der Waals surface area (Å²) in [6.45, 7) is 8.07. The van der Waals surface area contributed by atoms with E-state index in [9.17, 15) is 4.79 Å². The van der Waals surface area contributed by atoms with Crippen LogP contribution in [-0.2, 0) is 13.6 Å². The molecule has 0 aliphatic rings. The molecule has 1 radical (unpaired) electrons. The van der Waals surface area contributed by atoms with Gasteiger partial charge in [0.15, 0.2) is 0 Å². The maximum Gasteiger partial charge on any atom is 0.462 e. The molecule has 0 spiro atoms. The van der Waals surface area contributed by atoms with Gasteiger partial charge in [0, 0.05) is 19.1 Å². The minimum absolute atomic E-state index is 0.238. The molecule has 0 saturated carbocycles. The second-order valence-corrected chi connectivity index (χ2v) is 4.77. The number of rotatable bonds is 5. The molecule has 0 fully saturated rings. The smallest absolute Gasteiger partial charge is 0.462 e. The van der Waals surface area contributed by atoms with Gasteiger partial charge in [0.1, 0.15) is 0 Å². The minimum atomic E-state index is -1.37. The lowest BCUT2D eigenvalue weighted by atomic mass is 10.4. The molecule has 3 nitrogen and oxygen atoms in total. The summed E-state index contributed by atoms with van der Waals surface area (Å²) in [6, 6.07) is 0. The van der Waals surface area contributed by atoms with Crippen molar-refractivity contribution < 1.29 is 13.6 Å². The van der Waals surface area contributed by atoms with Crippen LogP contribution >= 0.6 is 0 Å². The van der Waals surface area contributed by atoms with Crippen LogP contribution < -0.4 is 0 Å². The molecule has 0 amide bonds. The van der Waals surface area contributed by atoms with E-state index < -0.39 is 9.28 Å². The first-order chi connectivity index (χ1) is 5.61. The Hall–Kier alpha value is -0.353. The molecule has 0 rings (SSSR count). The predicted octanol–water partition coefficient (Wildman–Crippen LogP) is 1.87. The van der Waals surface area contributed by atoms with Gasteiger partial charge in [0.25, 0.3) is 5.97 Å². The van der Waals surface area contributed by atoms with Crippen molar-refractivity contribution in [3.05, 3.63) is 0 Å². The van der Waals surface area contributed by atoms with E-state index in [0.29, 0.717) is 12.1 Å². The SMILES string of the molecule is CCO[Si](OC(C)=O)C(C)CC. The Kier molecular flexibility index (Phi) is 6.01. The summed E-state index contributed by atoms with van der Waals surface area (Å²) >= 11 is 0. The zero-order valence-corrected chi connectivity index (χ0v) is 9.22. The van der Waals surface area contributed by atoms with E-state index in [2.05, 4.69) is 6.92 Å². The molecule has 0 N–H and O–H groups in total. The first kappa shape index (κ1) is 11.6. The average molecular weight is 189 g/mol. The van der Waals surface area contributed by atoms with E-state index in [-0.39, 0.29) is 5.97 Å². The number of carbonyl (C=O) groups is 1. The number of carbonyl (C=O) groups excluding carboxylic acids is 1. The fourth-order valence-electron chi connectivity index (χ4n) is 0.723. The van der Waals surface area contributed by atoms with Crippen LogP contribution in [0.15, 0.2) is 0 Å². The lowest BCUT2D eigenvalue weighted by Crippen LogP contribution is -2.29. The van der Waals surface area contributed by atoms with Gasteiger partial charge < -0.3 is 8.85 Å². The van der Waals surface area contributed by atoms with Crippen molar-refractivity contribution in [2.75, 3.05) is 6.61 Å². The van der Waals surface area contributed by atoms with Crippen molar-refractivity contribution in [2.24, 2.45) is 0 Å². The molecule has 71 valence electrons. The van der Waals surface area contributed by atoms with Crippen LogP contribution in [0.25, 0.3) is 0 Å². The monoisotopic (exact) mass is 189 g/mol. The van der Waals surface area contributed by atoms with Gasteiger partial charge in [-0.3, -0.25) is 4.79 Å². The summed E-state index contributed by atoms with van der Waals surface area (Å²) in [4.78, 5) is 10.7. The zero-order chi connectivity index (χ0) is 9.56. The van der Waals surface area contributed by atoms with Crippen molar-refractivity contribution in [2.45, 2.75) is 39.7 Å². The van der Waals surface area contributed by atoms with Crippen LogP contribution in [0.1, 0.15) is 34.1 Å². The quantitative estimate of drug-likeness (QED) is 0.619. The summed E-state index contributed by atoms with van der Waals surface area (Å²) in [7, 11) is -1.37. The van der Waals surface area contributed by atoms with Gasteiger partial charge in [-0.25, -0.2) is 0 Å². The molecule has 0 aliphatic heterocycles. The number of hydrogen-bond acceptors (Lipinski definition) is 3. The lowest BCUT2D eigenvalue weighted by molar-refractivity contribution is -0.133. The van der Waals surface area contributed by atoms with Gasteiger partial charge in [0.2, 0.25) is 0 Å². The van der Waals surface area contributed by atoms with E-state index in [1.54, 1.807) is 0 Å². The van der Waals surface area contributed by atoms with Crippen LogP contribution in [0.5, 0.6) is 0 Å². The molecule has 0 heterocycles. The fourth-order valence-corrected chi connectivity index (χ4v) is 2.17. The summed E-state index contributed by atoms with van der Waals surface area (Å²) in [5.41, 5.74) is 0.360. The van der Waals surface area contributed by atoms with E-state index in [1.807, 2.05) is 13.8 Å². The van der Waals surface area contributed by atoms with Crippen molar-refractivity contribution in [1.82, 2.24) is 0 Å². The Balaban J connectivity index is 3.93. The third-order valence-corrected chi connectivity index (χ3v) is 3.82. The molecular formula is C8H17O3Si. The second kappa shape index (κ2) is 6.19. The second-order valence-electron chi connectivity index (χ2n) is 2.65. The third-order valence-electron chi connectivity index (χ3n) is 1.55. The molecule has 0 bridgehead atoms. The molecular weight excluding hydrogens is 172 g/mol. The van der Waals surface area contributed by atoms with E-state index >= 15 is 0 Å². The number of hydrogen-bond donors (Lipinski definition) is 0. The highest BCUT2D eigenvalue weighted by Gasteiger charge is 2.25. The Bertz CT molecular complexity index is 138. The van der Waals surface area contributed by atoms with E-state index in [0.717, 1.165) is 6.42 Å². The minimum Gasteiger partial charge on any atom is -0.492 e. The zero-order valence-electron chi connectivity index (χ0n) is 8.22. The average Bonchev–Trinajstić information content (AvgIpc) is 2.01. The molecule has 0 aromatic heterocycles. The van der Waals surface area contributed by atoms with Crippen molar-refractivity contribution in [3.8, 4) is 0 Å². The largest absolute Gasteiger partial charge is 0.492 e. The molecule has 0 aromatic rings. The molecule has 1 atom stereocenters. The van der Waals surface area contributed by atoms with Crippen LogP contribution in [0, 0.1) is 0 Å². The highest BCUT2D eigenvalue weighted by atomic mass is 28.3. The van der Waals surface area contributed by atoms with Gasteiger partial charge in [-0.05, 0) is 6.92 Å². The highest BCUT2D eigenvalue weighted by molar-refractivity contribution is 6.48. The maximum absolute atomic E-state index is 10.7. The predicted molar refractivity (Wildman–Crippen MR) is 48.9 cm³/mol. The summed E-state index contributed by atoms with van der Waals surface area (Å²) in [5.74, 6) is -0.238. The topological polar surface area (TPSA) is 35.5 Å². The van der Waals surface area contributed by atoms with Crippen LogP contribution in [0.3, 0.4) is 0 Å². The Morgan fingerprint density at radius 3 is 2.42 bits per heavy atom. The summed E-state index contributed by atoms with van der Waals surface area (Å²) in [6.07, 6.45) is 0.988. The summed E-state index contributed by atoms with van der Waals surface area (Å²) < 4.78 is 10.4. The normalized spacial score (nSPS) is 13.1. The van der Waals surface area contributed by atoms with Crippen molar-refractivity contribution in [3.63, 3.8) is 0 Å². The Morgan fingerprint density at radius 2 is 2.08 bits per heavy atom. The van der Waals surface area contributed by atoms with E-state index in [4.69, 9.17) is 8.85 Å². The third kappa shape index (κ3) is 4.51. The molecule has 0 aromatic carbocycles. The van der Waals surface area contributed by atoms with Crippen LogP contribution in [0.2, 0.25) is 5.54 Å². The van der Waals surface area contributed by atoms with Gasteiger partial charge >= 0.3 is 9.28 Å². The molecule has 12 heavy (non-hydrogen) atoms. The maximum atomic E-state index is 10.7. The molecule has 1 unspecified atom stereocenters. The van der Waals surface area contributed by atoms with Gasteiger partial charge in [-0.15, -0.1) is 0 Å². The van der Waals surface area contributed by atoms with Crippen LogP contribution in [0.4, 0.5) is 0 Å². The molecule has 0 saturated heterocycles. The lowest BCUT2D eigenvalue weighted by Gasteiger charge is -2.17. The van der Waals surface area contributed by atoms with E-state index in [1.165, 1.54) is 6.92 Å². The first-order valence-corrected chi connectivity index (χ1v) is 5.69. The fraction of sp³-hybridized carbons (Fsp3) is 0.875. The standard InChI is InChI=1S/C8H17O3Si/c1-5-7(3)12(10-6-2)11-8(4)9/h7H,5-6H2,1-4H3. The Morgan fingerprint density at radius 1 is 1.50 bits per heavy atom. The van der Waals surface area contributed by atoms with Crippen molar-refractivity contribution in [1.29, 1.82) is 0 Å². The van der Waals surface area contributed by atoms with Gasteiger partial charge in [-0.1, -0.05) is 20.3 Å². The van der Waals surface area contributed by atoms with Gasteiger partial charge in [0.05, 0.1) is 0 Å². The first-order valence-electron chi connectivity index (χ1n) is 4.29. The molecule has 0 aliphatic carbocycles. The Labute approximate surface area is 75.9 Å². The molecule has 4 heteroatoms. The van der Waals surface area contributed by atoms with Crippen molar-refractivity contribution >= 4 is 15.3 Å².